The SMILES string of the molecule is CC(C)O[C-]=NC(C)(C)C.[Re]. The van der Waals surface area contributed by atoms with Gasteiger partial charge in [-0.15, -0.1) is 0 Å². The second kappa shape index (κ2) is 5.74. The summed E-state index contributed by atoms with van der Waals surface area (Å²) in [6, 6.07) is 0. The van der Waals surface area contributed by atoms with E-state index in [0.717, 1.165) is 0 Å². The number of hydrogen-bond donors (Lipinski definition) is 0. The van der Waals surface area contributed by atoms with Gasteiger partial charge in [0.2, 0.25) is 0 Å². The summed E-state index contributed by atoms with van der Waals surface area (Å²) in [5.41, 5.74) is -0.0745. The number of aliphatic imine (C=N–C) groups is 1. The first kappa shape index (κ1) is 13.7. The molecule has 0 atom stereocenters. The molecule has 67 valence electrons. The molecule has 1 radical (unpaired) electrons. The molecule has 0 fully saturated rings. The normalized spacial score (nSPS) is 11.8. The molecule has 0 aromatic heterocycles. The van der Waals surface area contributed by atoms with Gasteiger partial charge in [-0.1, -0.05) is 0 Å². The Kier molecular flexibility index (Phi) is 7.15. The summed E-state index contributed by atoms with van der Waals surface area (Å²) in [7, 11) is 0. The number of rotatable bonds is 2. The Morgan fingerprint density at radius 3 is 2.00 bits per heavy atom. The molecule has 0 spiro atoms. The largest absolute Gasteiger partial charge is 0.673 e. The van der Waals surface area contributed by atoms with Crippen LogP contribution in [0.5, 0.6) is 0 Å². The minimum atomic E-state index is -0.0745. The van der Waals surface area contributed by atoms with Gasteiger partial charge in [0.05, 0.1) is 6.10 Å². The van der Waals surface area contributed by atoms with Crippen LogP contribution in [0.1, 0.15) is 34.6 Å². The molecular weight excluding hydrogens is 312 g/mol. The van der Waals surface area contributed by atoms with E-state index in [0.29, 0.717) is 0 Å². The number of hydrogen-bond acceptors (Lipinski definition) is 2. The van der Waals surface area contributed by atoms with Crippen molar-refractivity contribution in [2.75, 3.05) is 0 Å². The first-order valence-corrected chi connectivity index (χ1v) is 3.54. The summed E-state index contributed by atoms with van der Waals surface area (Å²) >= 11 is 0. The van der Waals surface area contributed by atoms with Gasteiger partial charge in [0.25, 0.3) is 0 Å². The van der Waals surface area contributed by atoms with Crippen LogP contribution in [-0.2, 0) is 25.2 Å². The van der Waals surface area contributed by atoms with Gasteiger partial charge in [-0.25, -0.2) is 6.40 Å². The quantitative estimate of drug-likeness (QED) is 0.432. The fourth-order valence-electron chi connectivity index (χ4n) is 0.269. The molecule has 2 nitrogen and oxygen atoms in total. The number of nitrogens with zero attached hydrogens (tertiary/aromatic N) is 1. The third-order valence-electron chi connectivity index (χ3n) is 0.669. The minimum absolute atomic E-state index is 0. The van der Waals surface area contributed by atoms with Crippen molar-refractivity contribution in [1.29, 1.82) is 0 Å². The van der Waals surface area contributed by atoms with Crippen LogP contribution < -0.4 is 0 Å². The summed E-state index contributed by atoms with van der Waals surface area (Å²) in [5, 5.41) is 0. The predicted molar refractivity (Wildman–Crippen MR) is 43.4 cm³/mol. The van der Waals surface area contributed by atoms with Crippen LogP contribution in [0.3, 0.4) is 0 Å². The summed E-state index contributed by atoms with van der Waals surface area (Å²) in [6.45, 7) is 9.91. The molecule has 0 amide bonds. The maximum absolute atomic E-state index is 5.00. The fourth-order valence-corrected chi connectivity index (χ4v) is 0.269. The van der Waals surface area contributed by atoms with E-state index in [4.69, 9.17) is 4.74 Å². The molecule has 0 aromatic carbocycles. The summed E-state index contributed by atoms with van der Waals surface area (Å²) in [5.74, 6) is 0. The van der Waals surface area contributed by atoms with Crippen molar-refractivity contribution in [3.8, 4) is 0 Å². The van der Waals surface area contributed by atoms with Crippen molar-refractivity contribution < 1.29 is 25.2 Å². The van der Waals surface area contributed by atoms with Crippen molar-refractivity contribution in [3.05, 3.63) is 0 Å². The average molecular weight is 328 g/mol. The molecule has 0 rings (SSSR count). The molecule has 0 saturated heterocycles. The predicted octanol–water partition coefficient (Wildman–Crippen LogP) is 2.11. The molecular formula is C8H16NORe-. The third kappa shape index (κ3) is 13.2. The fraction of sp³-hybridized carbons (Fsp3) is 0.875. The van der Waals surface area contributed by atoms with E-state index in [1.807, 2.05) is 34.6 Å². The Morgan fingerprint density at radius 1 is 1.27 bits per heavy atom. The molecule has 0 aromatic rings. The Bertz CT molecular complexity index is 116. The monoisotopic (exact) mass is 329 g/mol. The van der Waals surface area contributed by atoms with E-state index < -0.39 is 0 Å². The van der Waals surface area contributed by atoms with Crippen LogP contribution in [0.25, 0.3) is 0 Å². The smallest absolute Gasteiger partial charge is 0.0523 e. The van der Waals surface area contributed by atoms with Crippen LogP contribution in [0.4, 0.5) is 0 Å². The average Bonchev–Trinajstić information content (AvgIpc) is 1.59. The molecule has 0 aliphatic heterocycles. The van der Waals surface area contributed by atoms with E-state index in [-0.39, 0.29) is 32.1 Å². The Morgan fingerprint density at radius 2 is 1.73 bits per heavy atom. The topological polar surface area (TPSA) is 21.6 Å². The van der Waals surface area contributed by atoms with Gasteiger partial charge in [-0.05, 0) is 34.6 Å². The van der Waals surface area contributed by atoms with Crippen molar-refractivity contribution in [2.24, 2.45) is 4.99 Å². The van der Waals surface area contributed by atoms with Gasteiger partial charge < -0.3 is 9.73 Å². The van der Waals surface area contributed by atoms with Crippen LogP contribution in [0.15, 0.2) is 4.99 Å². The standard InChI is InChI=1S/C8H16NO.Re/c1-7(2)10-6-9-8(3,4)5;/h7H,1-5H3;/q-1;. The minimum Gasteiger partial charge on any atom is -0.673 e. The zero-order valence-electron chi connectivity index (χ0n) is 7.81. The van der Waals surface area contributed by atoms with E-state index >= 15 is 0 Å². The van der Waals surface area contributed by atoms with Gasteiger partial charge in [0.15, 0.2) is 0 Å². The molecule has 11 heavy (non-hydrogen) atoms. The van der Waals surface area contributed by atoms with Crippen LogP contribution in [-0.4, -0.2) is 18.0 Å². The van der Waals surface area contributed by atoms with Crippen LogP contribution >= 0.6 is 0 Å². The second-order valence-electron chi connectivity index (χ2n) is 3.54. The molecule has 0 aliphatic carbocycles. The van der Waals surface area contributed by atoms with E-state index in [9.17, 15) is 0 Å². The summed E-state index contributed by atoms with van der Waals surface area (Å²) in [6.07, 6.45) is 2.72. The summed E-state index contributed by atoms with van der Waals surface area (Å²) in [4.78, 5) is 4.02. The summed E-state index contributed by atoms with van der Waals surface area (Å²) < 4.78 is 5.00. The first-order chi connectivity index (χ1) is 4.42. The van der Waals surface area contributed by atoms with E-state index in [1.165, 1.54) is 0 Å². The van der Waals surface area contributed by atoms with Gasteiger partial charge in [-0.3, -0.25) is 0 Å². The number of ether oxygens (including phenoxy) is 1. The first-order valence-electron chi connectivity index (χ1n) is 3.54. The van der Waals surface area contributed by atoms with Gasteiger partial charge in [0, 0.05) is 26.0 Å². The van der Waals surface area contributed by atoms with E-state index in [1.54, 1.807) is 0 Å². The molecule has 0 N–H and O–H groups in total. The molecule has 0 heterocycles. The van der Waals surface area contributed by atoms with E-state index in [2.05, 4.69) is 11.4 Å². The van der Waals surface area contributed by atoms with Crippen LogP contribution in [0, 0.1) is 0 Å². The van der Waals surface area contributed by atoms with Crippen molar-refractivity contribution in [1.82, 2.24) is 0 Å². The Hall–Kier alpha value is 0.132. The Labute approximate surface area is 83.1 Å². The van der Waals surface area contributed by atoms with Crippen molar-refractivity contribution in [2.45, 2.75) is 46.3 Å². The Balaban J connectivity index is 0. The molecule has 0 aliphatic rings. The van der Waals surface area contributed by atoms with Crippen molar-refractivity contribution in [3.63, 3.8) is 0 Å². The molecule has 0 saturated carbocycles. The zero-order chi connectivity index (χ0) is 8.20. The molecule has 0 unspecified atom stereocenters. The molecule has 0 bridgehead atoms. The third-order valence-corrected chi connectivity index (χ3v) is 0.669. The van der Waals surface area contributed by atoms with Gasteiger partial charge in [0.1, 0.15) is 0 Å². The molecule has 3 heteroatoms. The van der Waals surface area contributed by atoms with Crippen LogP contribution in [0.2, 0.25) is 0 Å². The van der Waals surface area contributed by atoms with Crippen molar-refractivity contribution >= 4 is 6.40 Å². The zero-order valence-corrected chi connectivity index (χ0v) is 10.5. The van der Waals surface area contributed by atoms with Gasteiger partial charge >= 0.3 is 0 Å². The van der Waals surface area contributed by atoms with Gasteiger partial charge in [-0.2, -0.15) is 0 Å². The second-order valence-corrected chi connectivity index (χ2v) is 3.54. The maximum Gasteiger partial charge on any atom is 0.0523 e. The maximum atomic E-state index is 5.00.